The normalized spacial score (nSPS) is 20.6. The highest BCUT2D eigenvalue weighted by molar-refractivity contribution is 7.99. The predicted molar refractivity (Wildman–Crippen MR) is 80.0 cm³/mol. The number of nitrogens with zero attached hydrogens (tertiary/aromatic N) is 1. The Kier molecular flexibility index (Phi) is 8.33. The number of thioether (sulfide) groups is 1. The van der Waals surface area contributed by atoms with Crippen LogP contribution >= 0.6 is 11.8 Å². The van der Waals surface area contributed by atoms with Gasteiger partial charge in [-0.05, 0) is 63.7 Å². The number of nitrogens with one attached hydrogen (secondary N) is 1. The molecule has 0 spiro atoms. The molecule has 1 N–H and O–H groups in total. The zero-order valence-corrected chi connectivity index (χ0v) is 12.7. The fourth-order valence-electron chi connectivity index (χ4n) is 2.53. The first-order valence-electron chi connectivity index (χ1n) is 7.32. The summed E-state index contributed by atoms with van der Waals surface area (Å²) in [6.07, 6.45) is 5.28. The van der Waals surface area contributed by atoms with E-state index in [-0.39, 0.29) is 0 Å². The molecule has 0 amide bonds. The van der Waals surface area contributed by atoms with Crippen molar-refractivity contribution in [2.24, 2.45) is 0 Å². The van der Waals surface area contributed by atoms with Crippen LogP contribution in [0.2, 0.25) is 0 Å². The Morgan fingerprint density at radius 3 is 2.59 bits per heavy atom. The van der Waals surface area contributed by atoms with Gasteiger partial charge in [0.15, 0.2) is 0 Å². The van der Waals surface area contributed by atoms with E-state index in [0.717, 1.165) is 6.04 Å². The van der Waals surface area contributed by atoms with Crippen molar-refractivity contribution in [3.8, 4) is 0 Å². The lowest BCUT2D eigenvalue weighted by Crippen LogP contribution is -2.45. The molecule has 1 rings (SSSR count). The van der Waals surface area contributed by atoms with Gasteiger partial charge >= 0.3 is 0 Å². The monoisotopic (exact) mass is 258 g/mol. The van der Waals surface area contributed by atoms with Crippen LogP contribution in [0.4, 0.5) is 0 Å². The van der Waals surface area contributed by atoms with E-state index in [0.29, 0.717) is 6.04 Å². The van der Waals surface area contributed by atoms with E-state index < -0.39 is 0 Å². The molecule has 102 valence electrons. The van der Waals surface area contributed by atoms with E-state index in [1.165, 1.54) is 56.8 Å². The van der Waals surface area contributed by atoms with E-state index in [9.17, 15) is 0 Å². The highest BCUT2D eigenvalue weighted by Gasteiger charge is 2.19. The molecule has 17 heavy (non-hydrogen) atoms. The van der Waals surface area contributed by atoms with E-state index in [4.69, 9.17) is 0 Å². The van der Waals surface area contributed by atoms with Gasteiger partial charge in [-0.1, -0.05) is 13.8 Å². The molecular formula is C14H30N2S. The predicted octanol–water partition coefficient (Wildman–Crippen LogP) is 2.98. The van der Waals surface area contributed by atoms with Gasteiger partial charge in [-0.25, -0.2) is 0 Å². The summed E-state index contributed by atoms with van der Waals surface area (Å²) in [5, 5.41) is 3.80. The quantitative estimate of drug-likeness (QED) is 0.674. The molecule has 0 saturated carbocycles. The molecule has 1 saturated heterocycles. The SMILES string of the molecule is CCCN1CCC(NC(C)CCSCC)CC1. The zero-order valence-electron chi connectivity index (χ0n) is 11.9. The van der Waals surface area contributed by atoms with Gasteiger partial charge in [0.05, 0.1) is 0 Å². The van der Waals surface area contributed by atoms with Crippen LogP contribution in [0.25, 0.3) is 0 Å². The Morgan fingerprint density at radius 2 is 2.00 bits per heavy atom. The number of likely N-dealkylation sites (tertiary alicyclic amines) is 1. The van der Waals surface area contributed by atoms with E-state index >= 15 is 0 Å². The van der Waals surface area contributed by atoms with Crippen LogP contribution in [-0.4, -0.2) is 48.1 Å². The lowest BCUT2D eigenvalue weighted by molar-refractivity contribution is 0.192. The van der Waals surface area contributed by atoms with Crippen molar-refractivity contribution < 1.29 is 0 Å². The van der Waals surface area contributed by atoms with E-state index in [1.54, 1.807) is 0 Å². The number of piperidine rings is 1. The molecule has 0 aromatic heterocycles. The Balaban J connectivity index is 2.08. The summed E-state index contributed by atoms with van der Waals surface area (Å²) in [6, 6.07) is 1.46. The average Bonchev–Trinajstić information content (AvgIpc) is 2.32. The summed E-state index contributed by atoms with van der Waals surface area (Å²) >= 11 is 2.06. The maximum atomic E-state index is 3.80. The van der Waals surface area contributed by atoms with E-state index in [1.807, 2.05) is 0 Å². The van der Waals surface area contributed by atoms with Crippen molar-refractivity contribution in [1.82, 2.24) is 10.2 Å². The van der Waals surface area contributed by atoms with Crippen molar-refractivity contribution >= 4 is 11.8 Å². The molecule has 1 unspecified atom stereocenters. The van der Waals surface area contributed by atoms with E-state index in [2.05, 4.69) is 42.7 Å². The van der Waals surface area contributed by atoms with Crippen molar-refractivity contribution in [3.05, 3.63) is 0 Å². The van der Waals surface area contributed by atoms with Crippen LogP contribution in [-0.2, 0) is 0 Å². The molecule has 1 atom stereocenters. The number of hydrogen-bond donors (Lipinski definition) is 1. The maximum Gasteiger partial charge on any atom is 0.00938 e. The highest BCUT2D eigenvalue weighted by atomic mass is 32.2. The standard InChI is InChI=1S/C14H30N2S/c1-4-9-16-10-6-14(7-11-16)15-13(3)8-12-17-5-2/h13-15H,4-12H2,1-3H3. The lowest BCUT2D eigenvalue weighted by Gasteiger charge is -2.33. The Morgan fingerprint density at radius 1 is 1.29 bits per heavy atom. The minimum Gasteiger partial charge on any atom is -0.311 e. The number of rotatable bonds is 8. The zero-order chi connectivity index (χ0) is 12.5. The fraction of sp³-hybridized carbons (Fsp3) is 1.00. The largest absolute Gasteiger partial charge is 0.311 e. The smallest absolute Gasteiger partial charge is 0.00938 e. The third kappa shape index (κ3) is 6.68. The highest BCUT2D eigenvalue weighted by Crippen LogP contribution is 2.12. The third-order valence-corrected chi connectivity index (χ3v) is 4.48. The molecule has 0 aromatic rings. The lowest BCUT2D eigenvalue weighted by atomic mass is 10.0. The van der Waals surface area contributed by atoms with Gasteiger partial charge in [0.2, 0.25) is 0 Å². The minimum absolute atomic E-state index is 0.691. The first-order chi connectivity index (χ1) is 8.26. The molecular weight excluding hydrogens is 228 g/mol. The summed E-state index contributed by atoms with van der Waals surface area (Å²) < 4.78 is 0. The molecule has 0 radical (unpaired) electrons. The average molecular weight is 258 g/mol. The molecule has 1 aliphatic rings. The fourth-order valence-corrected chi connectivity index (χ4v) is 3.34. The van der Waals surface area contributed by atoms with Crippen molar-refractivity contribution in [2.45, 2.75) is 58.5 Å². The second kappa shape index (κ2) is 9.23. The van der Waals surface area contributed by atoms with Gasteiger partial charge in [0.1, 0.15) is 0 Å². The van der Waals surface area contributed by atoms with Gasteiger partial charge < -0.3 is 10.2 Å². The molecule has 0 bridgehead atoms. The van der Waals surface area contributed by atoms with Gasteiger partial charge in [-0.15, -0.1) is 0 Å². The molecule has 1 aliphatic heterocycles. The van der Waals surface area contributed by atoms with Gasteiger partial charge in [0.25, 0.3) is 0 Å². The van der Waals surface area contributed by atoms with Crippen LogP contribution in [0.5, 0.6) is 0 Å². The van der Waals surface area contributed by atoms with Crippen LogP contribution < -0.4 is 5.32 Å². The van der Waals surface area contributed by atoms with Gasteiger partial charge in [-0.2, -0.15) is 11.8 Å². The topological polar surface area (TPSA) is 15.3 Å². The summed E-state index contributed by atoms with van der Waals surface area (Å²) in [4.78, 5) is 2.61. The molecule has 0 aliphatic carbocycles. The molecule has 0 aromatic carbocycles. The first kappa shape index (κ1) is 15.3. The minimum atomic E-state index is 0.691. The first-order valence-corrected chi connectivity index (χ1v) is 8.47. The third-order valence-electron chi connectivity index (χ3n) is 3.55. The summed E-state index contributed by atoms with van der Waals surface area (Å²) in [5.74, 6) is 2.56. The Hall–Kier alpha value is 0.270. The van der Waals surface area contributed by atoms with Crippen LogP contribution in [0.3, 0.4) is 0 Å². The summed E-state index contributed by atoms with van der Waals surface area (Å²) in [7, 11) is 0. The van der Waals surface area contributed by atoms with Crippen LogP contribution in [0.1, 0.15) is 46.5 Å². The summed E-state index contributed by atoms with van der Waals surface area (Å²) in [5.41, 5.74) is 0. The second-order valence-corrected chi connectivity index (χ2v) is 6.56. The van der Waals surface area contributed by atoms with Crippen molar-refractivity contribution in [2.75, 3.05) is 31.1 Å². The second-order valence-electron chi connectivity index (χ2n) is 5.17. The van der Waals surface area contributed by atoms with Gasteiger partial charge in [0, 0.05) is 12.1 Å². The number of hydrogen-bond acceptors (Lipinski definition) is 3. The Labute approximate surface area is 112 Å². The molecule has 1 fully saturated rings. The van der Waals surface area contributed by atoms with Crippen LogP contribution in [0, 0.1) is 0 Å². The van der Waals surface area contributed by atoms with Crippen molar-refractivity contribution in [1.29, 1.82) is 0 Å². The molecule has 1 heterocycles. The summed E-state index contributed by atoms with van der Waals surface area (Å²) in [6.45, 7) is 10.7. The van der Waals surface area contributed by atoms with Crippen molar-refractivity contribution in [3.63, 3.8) is 0 Å². The Bertz CT molecular complexity index is 179. The van der Waals surface area contributed by atoms with Crippen LogP contribution in [0.15, 0.2) is 0 Å². The molecule has 2 nitrogen and oxygen atoms in total. The molecule has 3 heteroatoms. The van der Waals surface area contributed by atoms with Gasteiger partial charge in [-0.3, -0.25) is 0 Å². The maximum absolute atomic E-state index is 3.80.